The van der Waals surface area contributed by atoms with Crippen LogP contribution < -0.4 is 5.32 Å². The lowest BCUT2D eigenvalue weighted by Crippen LogP contribution is -2.40. The normalized spacial score (nSPS) is 24.4. The van der Waals surface area contributed by atoms with Gasteiger partial charge in [0.15, 0.2) is 0 Å². The van der Waals surface area contributed by atoms with E-state index in [-0.39, 0.29) is 0 Å². The number of nitrogens with zero attached hydrogens (tertiary/aromatic N) is 1. The third-order valence-corrected chi connectivity index (χ3v) is 3.28. The van der Waals surface area contributed by atoms with Crippen molar-refractivity contribution in [3.8, 4) is 0 Å². The highest BCUT2D eigenvalue weighted by molar-refractivity contribution is 4.73. The van der Waals surface area contributed by atoms with Crippen LogP contribution in [0.15, 0.2) is 0 Å². The molecule has 0 aromatic heterocycles. The Morgan fingerprint density at radius 3 is 2.87 bits per heavy atom. The van der Waals surface area contributed by atoms with Crippen LogP contribution in [-0.4, -0.2) is 50.8 Å². The predicted octanol–water partition coefficient (Wildman–Crippen LogP) is 1.34. The average Bonchev–Trinajstić information content (AvgIpc) is 2.29. The van der Waals surface area contributed by atoms with Crippen molar-refractivity contribution in [2.45, 2.75) is 32.8 Å². The number of ether oxygens (including phenoxy) is 1. The van der Waals surface area contributed by atoms with Gasteiger partial charge in [-0.15, -0.1) is 0 Å². The Morgan fingerprint density at radius 1 is 1.53 bits per heavy atom. The predicted molar refractivity (Wildman–Crippen MR) is 64.2 cm³/mol. The molecule has 1 aliphatic rings. The fourth-order valence-electron chi connectivity index (χ4n) is 2.22. The van der Waals surface area contributed by atoms with Gasteiger partial charge in [-0.2, -0.15) is 0 Å². The second kappa shape index (κ2) is 7.20. The van der Waals surface area contributed by atoms with Crippen LogP contribution >= 0.6 is 0 Å². The molecule has 15 heavy (non-hydrogen) atoms. The molecule has 0 radical (unpaired) electrons. The number of piperidine rings is 1. The van der Waals surface area contributed by atoms with Crippen LogP contribution in [0.5, 0.6) is 0 Å². The van der Waals surface area contributed by atoms with Gasteiger partial charge in [0.05, 0.1) is 6.10 Å². The SMILES string of the molecule is CCN(CC1CCCNC1)CC(C)OC. The first-order valence-electron chi connectivity index (χ1n) is 6.22. The van der Waals surface area contributed by atoms with E-state index in [1.54, 1.807) is 7.11 Å². The molecule has 3 heteroatoms. The van der Waals surface area contributed by atoms with Crippen LogP contribution in [-0.2, 0) is 4.74 Å². The van der Waals surface area contributed by atoms with Gasteiger partial charge < -0.3 is 15.0 Å². The van der Waals surface area contributed by atoms with Gasteiger partial charge in [-0.1, -0.05) is 6.92 Å². The van der Waals surface area contributed by atoms with Crippen molar-refractivity contribution in [1.29, 1.82) is 0 Å². The van der Waals surface area contributed by atoms with Gasteiger partial charge in [0.2, 0.25) is 0 Å². The topological polar surface area (TPSA) is 24.5 Å². The van der Waals surface area contributed by atoms with Gasteiger partial charge in [-0.25, -0.2) is 0 Å². The maximum absolute atomic E-state index is 5.31. The first-order chi connectivity index (χ1) is 7.26. The molecule has 0 amide bonds. The van der Waals surface area contributed by atoms with Crippen molar-refractivity contribution in [2.24, 2.45) is 5.92 Å². The van der Waals surface area contributed by atoms with Crippen LogP contribution in [0.3, 0.4) is 0 Å². The van der Waals surface area contributed by atoms with E-state index in [2.05, 4.69) is 24.1 Å². The summed E-state index contributed by atoms with van der Waals surface area (Å²) in [6.07, 6.45) is 3.06. The molecule has 2 atom stereocenters. The van der Waals surface area contributed by atoms with Crippen LogP contribution in [0.4, 0.5) is 0 Å². The van der Waals surface area contributed by atoms with E-state index in [1.807, 2.05) is 0 Å². The van der Waals surface area contributed by atoms with Crippen LogP contribution in [0.25, 0.3) is 0 Å². The Bertz CT molecular complexity index is 158. The molecule has 1 rings (SSSR count). The monoisotopic (exact) mass is 214 g/mol. The second-order valence-corrected chi connectivity index (χ2v) is 4.61. The molecule has 0 aromatic rings. The zero-order valence-electron chi connectivity index (χ0n) is 10.5. The van der Waals surface area contributed by atoms with Crippen LogP contribution in [0.1, 0.15) is 26.7 Å². The molecule has 0 aromatic carbocycles. The minimum Gasteiger partial charge on any atom is -0.380 e. The maximum atomic E-state index is 5.31. The molecule has 1 heterocycles. The van der Waals surface area contributed by atoms with Gasteiger partial charge in [0.25, 0.3) is 0 Å². The van der Waals surface area contributed by atoms with Gasteiger partial charge >= 0.3 is 0 Å². The standard InChI is InChI=1S/C12H26N2O/c1-4-14(9-11(2)15-3)10-12-6-5-7-13-8-12/h11-13H,4-10H2,1-3H3. The molecule has 1 saturated heterocycles. The second-order valence-electron chi connectivity index (χ2n) is 4.61. The Morgan fingerprint density at radius 2 is 2.33 bits per heavy atom. The molecular formula is C12H26N2O. The highest BCUT2D eigenvalue weighted by atomic mass is 16.5. The summed E-state index contributed by atoms with van der Waals surface area (Å²) in [5.41, 5.74) is 0. The van der Waals surface area contributed by atoms with E-state index in [0.717, 1.165) is 19.0 Å². The van der Waals surface area contributed by atoms with Crippen LogP contribution in [0.2, 0.25) is 0 Å². The zero-order chi connectivity index (χ0) is 11.1. The van der Waals surface area contributed by atoms with Crippen molar-refractivity contribution in [3.05, 3.63) is 0 Å². The molecule has 1 N–H and O–H groups in total. The fraction of sp³-hybridized carbons (Fsp3) is 1.00. The number of rotatable bonds is 6. The minimum atomic E-state index is 0.349. The third kappa shape index (κ3) is 4.96. The van der Waals surface area contributed by atoms with Gasteiger partial charge in [0, 0.05) is 20.2 Å². The van der Waals surface area contributed by atoms with E-state index < -0.39 is 0 Å². The average molecular weight is 214 g/mol. The summed E-state index contributed by atoms with van der Waals surface area (Å²) in [7, 11) is 1.79. The maximum Gasteiger partial charge on any atom is 0.0670 e. The van der Waals surface area contributed by atoms with Crippen LogP contribution in [0, 0.1) is 5.92 Å². The smallest absolute Gasteiger partial charge is 0.0670 e. The van der Waals surface area contributed by atoms with Crippen molar-refractivity contribution >= 4 is 0 Å². The van der Waals surface area contributed by atoms with E-state index in [0.29, 0.717) is 6.10 Å². The van der Waals surface area contributed by atoms with Gasteiger partial charge in [-0.05, 0) is 45.3 Å². The van der Waals surface area contributed by atoms with Crippen molar-refractivity contribution in [2.75, 3.05) is 39.8 Å². The van der Waals surface area contributed by atoms with Crippen molar-refractivity contribution < 1.29 is 4.74 Å². The first-order valence-corrected chi connectivity index (χ1v) is 6.22. The van der Waals surface area contributed by atoms with E-state index in [4.69, 9.17) is 4.74 Å². The molecule has 2 unspecified atom stereocenters. The Hall–Kier alpha value is -0.120. The Kier molecular flexibility index (Phi) is 6.22. The molecule has 0 saturated carbocycles. The number of methoxy groups -OCH3 is 1. The molecular weight excluding hydrogens is 188 g/mol. The number of nitrogens with one attached hydrogen (secondary N) is 1. The largest absolute Gasteiger partial charge is 0.380 e. The van der Waals surface area contributed by atoms with E-state index >= 15 is 0 Å². The number of hydrogen-bond acceptors (Lipinski definition) is 3. The highest BCUT2D eigenvalue weighted by Crippen LogP contribution is 2.12. The van der Waals surface area contributed by atoms with Gasteiger partial charge in [-0.3, -0.25) is 0 Å². The number of hydrogen-bond donors (Lipinski definition) is 1. The summed E-state index contributed by atoms with van der Waals surface area (Å²) in [5.74, 6) is 0.836. The highest BCUT2D eigenvalue weighted by Gasteiger charge is 2.17. The minimum absolute atomic E-state index is 0.349. The molecule has 0 bridgehead atoms. The molecule has 3 nitrogen and oxygen atoms in total. The summed E-state index contributed by atoms with van der Waals surface area (Å²) in [4.78, 5) is 2.51. The fourth-order valence-corrected chi connectivity index (χ4v) is 2.22. The summed E-state index contributed by atoms with van der Waals surface area (Å²) < 4.78 is 5.31. The zero-order valence-corrected chi connectivity index (χ0v) is 10.5. The Balaban J connectivity index is 2.25. The molecule has 1 fully saturated rings. The van der Waals surface area contributed by atoms with Crippen molar-refractivity contribution in [1.82, 2.24) is 10.2 Å². The van der Waals surface area contributed by atoms with E-state index in [1.165, 1.54) is 32.5 Å². The lowest BCUT2D eigenvalue weighted by Gasteiger charge is -2.30. The lowest BCUT2D eigenvalue weighted by molar-refractivity contribution is 0.0711. The summed E-state index contributed by atoms with van der Waals surface area (Å²) in [5, 5.41) is 3.47. The first kappa shape index (κ1) is 12.9. The van der Waals surface area contributed by atoms with E-state index in [9.17, 15) is 0 Å². The quantitative estimate of drug-likeness (QED) is 0.722. The Labute approximate surface area is 94.2 Å². The summed E-state index contributed by atoms with van der Waals surface area (Å²) in [6.45, 7) is 10.2. The number of likely N-dealkylation sites (N-methyl/N-ethyl adjacent to an activating group) is 1. The molecule has 90 valence electrons. The molecule has 0 aliphatic carbocycles. The van der Waals surface area contributed by atoms with Crippen molar-refractivity contribution in [3.63, 3.8) is 0 Å². The summed E-state index contributed by atoms with van der Waals surface area (Å²) >= 11 is 0. The summed E-state index contributed by atoms with van der Waals surface area (Å²) in [6, 6.07) is 0. The molecule has 0 spiro atoms. The lowest BCUT2D eigenvalue weighted by atomic mass is 9.99. The third-order valence-electron chi connectivity index (χ3n) is 3.28. The van der Waals surface area contributed by atoms with Gasteiger partial charge in [0.1, 0.15) is 0 Å². The molecule has 1 aliphatic heterocycles.